The lowest BCUT2D eigenvalue weighted by atomic mass is 9.98. The molecule has 0 fully saturated rings. The number of para-hydroxylation sites is 1. The summed E-state index contributed by atoms with van der Waals surface area (Å²) in [4.78, 5) is 43.6. The molecule has 0 spiro atoms. The summed E-state index contributed by atoms with van der Waals surface area (Å²) in [6, 6.07) is 30.8. The first-order valence-corrected chi connectivity index (χ1v) is 19.5. The van der Waals surface area contributed by atoms with E-state index >= 15 is 0 Å². The van der Waals surface area contributed by atoms with Crippen LogP contribution in [-0.4, -0.2) is 61.9 Å². The Kier molecular flexibility index (Phi) is 10.8. The monoisotopic (exact) mass is 807 g/mol. The highest BCUT2D eigenvalue weighted by molar-refractivity contribution is 6.15. The summed E-state index contributed by atoms with van der Waals surface area (Å²) in [5.41, 5.74) is 13.0. The Bertz CT molecular complexity index is 2610. The van der Waals surface area contributed by atoms with Crippen molar-refractivity contribution in [1.82, 2.24) is 4.57 Å². The zero-order valence-electron chi connectivity index (χ0n) is 34.0. The van der Waals surface area contributed by atoms with Gasteiger partial charge in [-0.15, -0.1) is 0 Å². The number of methoxy groups -OCH3 is 2. The van der Waals surface area contributed by atoms with E-state index in [2.05, 4.69) is 0 Å². The van der Waals surface area contributed by atoms with Gasteiger partial charge in [0.1, 0.15) is 18.0 Å². The summed E-state index contributed by atoms with van der Waals surface area (Å²) in [6.07, 6.45) is 3.79. The van der Waals surface area contributed by atoms with Gasteiger partial charge in [-0.2, -0.15) is 0 Å². The van der Waals surface area contributed by atoms with Gasteiger partial charge in [0.05, 0.1) is 31.5 Å². The Balaban J connectivity index is 1.14. The SMILES string of the molecule is COc1ccc(/C=C\c2cc(OC)c3c(c2)OCO3)cc1N(C(=O)OCC1c2ccccc2-c2ccccc21)C(=O)[C@@H](N)Cc1cn(C(=O)OC(C)(C)C)c2ccccc12. The van der Waals surface area contributed by atoms with Crippen LogP contribution in [0.1, 0.15) is 54.5 Å². The Labute approximate surface area is 347 Å². The maximum atomic E-state index is 14.8. The van der Waals surface area contributed by atoms with Crippen molar-refractivity contribution in [3.8, 4) is 34.1 Å². The van der Waals surface area contributed by atoms with Crippen LogP contribution >= 0.6 is 0 Å². The van der Waals surface area contributed by atoms with Crippen molar-refractivity contribution in [3.63, 3.8) is 0 Å². The van der Waals surface area contributed by atoms with Gasteiger partial charge in [0.25, 0.3) is 5.91 Å². The maximum absolute atomic E-state index is 14.8. The van der Waals surface area contributed by atoms with Crippen LogP contribution in [0.25, 0.3) is 34.2 Å². The number of anilines is 1. The Morgan fingerprint density at radius 3 is 2.20 bits per heavy atom. The van der Waals surface area contributed by atoms with Crippen LogP contribution in [0.3, 0.4) is 0 Å². The number of imide groups is 1. The van der Waals surface area contributed by atoms with E-state index in [0.717, 1.165) is 32.7 Å². The lowest BCUT2D eigenvalue weighted by Gasteiger charge is -2.26. The summed E-state index contributed by atoms with van der Waals surface area (Å²) in [7, 11) is 3.01. The lowest BCUT2D eigenvalue weighted by molar-refractivity contribution is -0.119. The Morgan fingerprint density at radius 1 is 0.833 bits per heavy atom. The number of hydrogen-bond donors (Lipinski definition) is 1. The van der Waals surface area contributed by atoms with Crippen molar-refractivity contribution in [2.75, 3.05) is 32.5 Å². The number of nitrogens with two attached hydrogens (primary N) is 1. The number of hydrogen-bond acceptors (Lipinski definition) is 10. The molecule has 1 atom stereocenters. The minimum Gasteiger partial charge on any atom is -0.495 e. The first-order valence-electron chi connectivity index (χ1n) is 19.5. The summed E-state index contributed by atoms with van der Waals surface area (Å²) in [5, 5.41) is 0.712. The second kappa shape index (κ2) is 16.3. The van der Waals surface area contributed by atoms with E-state index in [4.69, 9.17) is 34.2 Å². The van der Waals surface area contributed by atoms with Crippen LogP contribution in [0, 0.1) is 0 Å². The van der Waals surface area contributed by atoms with Crippen molar-refractivity contribution in [2.45, 2.75) is 44.8 Å². The van der Waals surface area contributed by atoms with E-state index in [1.165, 1.54) is 11.7 Å². The zero-order valence-corrected chi connectivity index (χ0v) is 34.0. The van der Waals surface area contributed by atoms with Crippen molar-refractivity contribution in [2.24, 2.45) is 5.73 Å². The fraction of sp³-hybridized carbons (Fsp3) is 0.229. The summed E-state index contributed by atoms with van der Waals surface area (Å²) in [5.74, 6) is 0.855. The number of amides is 2. The van der Waals surface area contributed by atoms with Gasteiger partial charge in [0.2, 0.25) is 12.5 Å². The van der Waals surface area contributed by atoms with E-state index in [9.17, 15) is 14.4 Å². The quantitative estimate of drug-likeness (QED) is 0.133. The molecule has 0 saturated heterocycles. The highest BCUT2D eigenvalue weighted by Crippen LogP contribution is 2.45. The van der Waals surface area contributed by atoms with Crippen LogP contribution in [0.2, 0.25) is 0 Å². The molecule has 8 rings (SSSR count). The second-order valence-electron chi connectivity index (χ2n) is 15.5. The predicted octanol–water partition coefficient (Wildman–Crippen LogP) is 9.19. The molecular weight excluding hydrogens is 763 g/mol. The van der Waals surface area contributed by atoms with E-state index in [1.807, 2.05) is 91.0 Å². The molecule has 2 amide bonds. The van der Waals surface area contributed by atoms with Crippen LogP contribution in [-0.2, 0) is 20.7 Å². The molecule has 2 heterocycles. The van der Waals surface area contributed by atoms with Gasteiger partial charge in [0, 0.05) is 17.5 Å². The zero-order chi connectivity index (χ0) is 42.1. The van der Waals surface area contributed by atoms with E-state index in [1.54, 1.807) is 58.3 Å². The molecule has 0 radical (unpaired) electrons. The third-order valence-corrected chi connectivity index (χ3v) is 10.5. The average molecular weight is 808 g/mol. The Hall–Kier alpha value is -7.05. The normalized spacial score (nSPS) is 13.5. The number of aromatic nitrogens is 1. The topological polar surface area (TPSA) is 141 Å². The van der Waals surface area contributed by atoms with Crippen molar-refractivity contribution in [1.29, 1.82) is 0 Å². The average Bonchev–Trinajstić information content (AvgIpc) is 3.96. The maximum Gasteiger partial charge on any atom is 0.421 e. The largest absolute Gasteiger partial charge is 0.495 e. The number of fused-ring (bicyclic) bond motifs is 5. The first kappa shape index (κ1) is 39.8. The van der Waals surface area contributed by atoms with Crippen molar-refractivity contribution >= 4 is 46.8 Å². The molecule has 0 saturated carbocycles. The van der Waals surface area contributed by atoms with Crippen LogP contribution in [0.4, 0.5) is 15.3 Å². The van der Waals surface area contributed by atoms with Gasteiger partial charge in [-0.1, -0.05) is 84.9 Å². The molecule has 2 aliphatic rings. The fourth-order valence-electron chi connectivity index (χ4n) is 7.75. The minimum absolute atomic E-state index is 0.0177. The molecule has 6 aromatic rings. The second-order valence-corrected chi connectivity index (χ2v) is 15.5. The molecule has 12 heteroatoms. The summed E-state index contributed by atoms with van der Waals surface area (Å²) in [6.45, 7) is 5.42. The number of rotatable bonds is 10. The number of carbonyl (C=O) groups is 3. The van der Waals surface area contributed by atoms with E-state index in [0.29, 0.717) is 39.3 Å². The Morgan fingerprint density at radius 2 is 1.50 bits per heavy atom. The van der Waals surface area contributed by atoms with Crippen molar-refractivity contribution in [3.05, 3.63) is 137 Å². The first-order chi connectivity index (χ1) is 28.9. The molecule has 60 heavy (non-hydrogen) atoms. The molecule has 306 valence electrons. The van der Waals surface area contributed by atoms with Gasteiger partial charge in [0.15, 0.2) is 11.5 Å². The number of ether oxygens (including phenoxy) is 6. The van der Waals surface area contributed by atoms with Gasteiger partial charge >= 0.3 is 12.2 Å². The van der Waals surface area contributed by atoms with Crippen molar-refractivity contribution < 1.29 is 42.8 Å². The van der Waals surface area contributed by atoms with Crippen LogP contribution < -0.4 is 29.6 Å². The van der Waals surface area contributed by atoms with Crippen LogP contribution in [0.15, 0.2) is 109 Å². The molecular formula is C48H45N3O9. The van der Waals surface area contributed by atoms with E-state index < -0.39 is 29.7 Å². The van der Waals surface area contributed by atoms with Gasteiger partial charge < -0.3 is 34.2 Å². The molecule has 0 bridgehead atoms. The molecule has 12 nitrogen and oxygen atoms in total. The lowest BCUT2D eigenvalue weighted by Crippen LogP contribution is -2.48. The summed E-state index contributed by atoms with van der Waals surface area (Å²) >= 11 is 0. The molecule has 1 aliphatic heterocycles. The third kappa shape index (κ3) is 7.76. The highest BCUT2D eigenvalue weighted by atomic mass is 16.7. The van der Waals surface area contributed by atoms with Crippen LogP contribution in [0.5, 0.6) is 23.0 Å². The smallest absolute Gasteiger partial charge is 0.421 e. The van der Waals surface area contributed by atoms with Gasteiger partial charge in [-0.05, 0) is 96.5 Å². The van der Waals surface area contributed by atoms with Gasteiger partial charge in [-0.3, -0.25) is 9.36 Å². The molecule has 2 N–H and O–H groups in total. The van der Waals surface area contributed by atoms with Gasteiger partial charge in [-0.25, -0.2) is 14.5 Å². The van der Waals surface area contributed by atoms with E-state index in [-0.39, 0.29) is 37.2 Å². The number of benzene rings is 5. The summed E-state index contributed by atoms with van der Waals surface area (Å²) < 4.78 is 35.6. The standard InChI is InChI=1S/C48H45N3O9/c1-48(2,3)60-46(53)50-26-31(32-12-10-11-17-39(32)50)25-38(49)45(52)51(47(54)57-27-37-35-15-8-6-13-33(35)34-14-7-9-16-36(34)37)40-22-29(20-21-41(40)55-4)18-19-30-23-42(56-5)44-43(24-30)58-28-59-44/h6-24,26,37-38H,25,27-28,49H2,1-5H3/b19-18-/t38-/m0/s1. The third-order valence-electron chi connectivity index (χ3n) is 10.5. The minimum atomic E-state index is -1.26. The fourth-order valence-corrected chi connectivity index (χ4v) is 7.75. The molecule has 0 unspecified atom stereocenters. The highest BCUT2D eigenvalue weighted by Gasteiger charge is 2.35. The molecule has 5 aromatic carbocycles. The predicted molar refractivity (Wildman–Crippen MR) is 229 cm³/mol. The molecule has 1 aliphatic carbocycles. The number of nitrogens with zero attached hydrogens (tertiary/aromatic N) is 2. The number of carbonyl (C=O) groups excluding carboxylic acids is 3. The molecule has 1 aromatic heterocycles.